The molecule has 4 rings (SSSR count). The highest BCUT2D eigenvalue weighted by atomic mass is 16.2. The molecule has 2 saturated carbocycles. The Hall–Kier alpha value is -1.10. The summed E-state index contributed by atoms with van der Waals surface area (Å²) in [6, 6.07) is 0.390. The van der Waals surface area contributed by atoms with Gasteiger partial charge in [0, 0.05) is 45.2 Å². The van der Waals surface area contributed by atoms with Crippen LogP contribution in [0.2, 0.25) is 0 Å². The van der Waals surface area contributed by atoms with Crippen molar-refractivity contribution in [3.63, 3.8) is 0 Å². The minimum Gasteiger partial charge on any atom is -0.340 e. The van der Waals surface area contributed by atoms with Crippen molar-refractivity contribution >= 4 is 11.8 Å². The van der Waals surface area contributed by atoms with Crippen LogP contribution in [-0.4, -0.2) is 71.8 Å². The molecule has 2 aliphatic heterocycles. The second-order valence-electron chi connectivity index (χ2n) is 9.23. The van der Waals surface area contributed by atoms with Crippen LogP contribution < -0.4 is 0 Å². The van der Waals surface area contributed by atoms with E-state index in [2.05, 4.69) is 21.6 Å². The lowest BCUT2D eigenvalue weighted by Crippen LogP contribution is -2.53. The maximum Gasteiger partial charge on any atom is 0.236 e. The lowest BCUT2D eigenvalue weighted by Gasteiger charge is -2.38. The Morgan fingerprint density at radius 3 is 2.35 bits per heavy atom. The van der Waals surface area contributed by atoms with Gasteiger partial charge in [0.2, 0.25) is 11.8 Å². The summed E-state index contributed by atoms with van der Waals surface area (Å²) >= 11 is 0. The fraction of sp³-hybridized carbons (Fsp3) is 0.905. The van der Waals surface area contributed by atoms with Gasteiger partial charge in [-0.25, -0.2) is 0 Å². The molecule has 2 bridgehead atoms. The highest BCUT2D eigenvalue weighted by molar-refractivity contribution is 5.79. The lowest BCUT2D eigenvalue weighted by molar-refractivity contribution is -0.137. The fourth-order valence-electron chi connectivity index (χ4n) is 5.89. The molecule has 2 saturated heterocycles. The highest BCUT2D eigenvalue weighted by Gasteiger charge is 2.40. The molecule has 5 nitrogen and oxygen atoms in total. The zero-order valence-corrected chi connectivity index (χ0v) is 16.4. The van der Waals surface area contributed by atoms with Crippen molar-refractivity contribution in [1.82, 2.24) is 14.7 Å². The Morgan fingerprint density at radius 2 is 1.69 bits per heavy atom. The zero-order chi connectivity index (χ0) is 18.1. The van der Waals surface area contributed by atoms with Crippen LogP contribution in [0.3, 0.4) is 0 Å². The Balaban J connectivity index is 1.20. The van der Waals surface area contributed by atoms with E-state index >= 15 is 0 Å². The maximum absolute atomic E-state index is 12.7. The number of hydrogen-bond acceptors (Lipinski definition) is 3. The number of likely N-dealkylation sites (tertiary alicyclic amines) is 1. The summed E-state index contributed by atoms with van der Waals surface area (Å²) in [5.74, 6) is 3.03. The summed E-state index contributed by atoms with van der Waals surface area (Å²) in [6.07, 6.45) is 9.71. The van der Waals surface area contributed by atoms with Crippen molar-refractivity contribution in [2.45, 2.75) is 64.3 Å². The molecule has 4 aliphatic rings. The van der Waals surface area contributed by atoms with E-state index < -0.39 is 0 Å². The van der Waals surface area contributed by atoms with Gasteiger partial charge in [-0.3, -0.25) is 14.5 Å². The lowest BCUT2D eigenvalue weighted by atomic mass is 9.86. The van der Waals surface area contributed by atoms with Gasteiger partial charge in [-0.05, 0) is 63.2 Å². The average Bonchev–Trinajstić information content (AvgIpc) is 3.25. The standard InChI is InChI=1S/C21H35N3O2/c1-16-4-2-3-7-24(16)21(26)15-22-8-10-23(11-9-22)20(25)14-19-13-17-5-6-18(19)12-17/h16-19H,2-15H2,1H3/t16-,17+,18+,19-/m1/s1. The van der Waals surface area contributed by atoms with Gasteiger partial charge in [-0.2, -0.15) is 0 Å². The SMILES string of the molecule is C[C@@H]1CCCCN1C(=O)CN1CCN(C(=O)C[C@H]2C[C@H]3CC[C@H]2C3)CC1. The molecular weight excluding hydrogens is 326 g/mol. The first-order chi connectivity index (χ1) is 12.6. The van der Waals surface area contributed by atoms with Gasteiger partial charge in [-0.15, -0.1) is 0 Å². The predicted molar refractivity (Wildman–Crippen MR) is 102 cm³/mol. The minimum atomic E-state index is 0.277. The summed E-state index contributed by atoms with van der Waals surface area (Å²) in [4.78, 5) is 31.6. The van der Waals surface area contributed by atoms with Gasteiger partial charge < -0.3 is 9.80 Å². The molecule has 0 N–H and O–H groups in total. The normalized spacial score (nSPS) is 35.1. The van der Waals surface area contributed by atoms with E-state index in [0.717, 1.165) is 63.8 Å². The number of hydrogen-bond donors (Lipinski definition) is 0. The van der Waals surface area contributed by atoms with E-state index in [1.807, 2.05) is 0 Å². The van der Waals surface area contributed by atoms with Crippen molar-refractivity contribution in [3.8, 4) is 0 Å². The summed E-state index contributed by atoms with van der Waals surface area (Å²) in [7, 11) is 0. The smallest absolute Gasteiger partial charge is 0.236 e. The summed E-state index contributed by atoms with van der Waals surface area (Å²) in [5.41, 5.74) is 0. The molecule has 0 unspecified atom stereocenters. The highest BCUT2D eigenvalue weighted by Crippen LogP contribution is 2.49. The van der Waals surface area contributed by atoms with E-state index in [1.165, 1.54) is 32.1 Å². The number of piperidine rings is 1. The second-order valence-corrected chi connectivity index (χ2v) is 9.23. The van der Waals surface area contributed by atoms with Crippen LogP contribution in [0.1, 0.15) is 58.3 Å². The number of rotatable bonds is 4. The summed E-state index contributed by atoms with van der Waals surface area (Å²) < 4.78 is 0. The molecule has 2 aliphatic carbocycles. The van der Waals surface area contributed by atoms with Gasteiger partial charge in [0.25, 0.3) is 0 Å². The first-order valence-electron chi connectivity index (χ1n) is 10.9. The van der Waals surface area contributed by atoms with E-state index in [-0.39, 0.29) is 5.91 Å². The summed E-state index contributed by atoms with van der Waals surface area (Å²) in [6.45, 7) is 6.89. The minimum absolute atomic E-state index is 0.277. The van der Waals surface area contributed by atoms with Gasteiger partial charge >= 0.3 is 0 Å². The van der Waals surface area contributed by atoms with E-state index in [4.69, 9.17) is 0 Å². The zero-order valence-electron chi connectivity index (χ0n) is 16.4. The molecule has 4 atom stereocenters. The predicted octanol–water partition coefficient (Wildman–Crippen LogP) is 2.36. The van der Waals surface area contributed by atoms with E-state index in [1.54, 1.807) is 0 Å². The van der Waals surface area contributed by atoms with Gasteiger partial charge in [0.15, 0.2) is 0 Å². The Kier molecular flexibility index (Phi) is 5.53. The van der Waals surface area contributed by atoms with E-state index in [9.17, 15) is 9.59 Å². The monoisotopic (exact) mass is 361 g/mol. The van der Waals surface area contributed by atoms with Crippen LogP contribution in [0, 0.1) is 17.8 Å². The molecule has 26 heavy (non-hydrogen) atoms. The van der Waals surface area contributed by atoms with Crippen molar-refractivity contribution in [2.24, 2.45) is 17.8 Å². The molecule has 0 aromatic rings. The van der Waals surface area contributed by atoms with Crippen LogP contribution in [0.5, 0.6) is 0 Å². The van der Waals surface area contributed by atoms with Gasteiger partial charge in [0.1, 0.15) is 0 Å². The van der Waals surface area contributed by atoms with Crippen LogP contribution in [0.25, 0.3) is 0 Å². The van der Waals surface area contributed by atoms with Crippen molar-refractivity contribution in [2.75, 3.05) is 39.3 Å². The third-order valence-electron chi connectivity index (χ3n) is 7.53. The van der Waals surface area contributed by atoms with Crippen molar-refractivity contribution < 1.29 is 9.59 Å². The third-order valence-corrected chi connectivity index (χ3v) is 7.53. The molecule has 0 aromatic carbocycles. The van der Waals surface area contributed by atoms with Crippen molar-refractivity contribution in [1.29, 1.82) is 0 Å². The first kappa shape index (κ1) is 18.3. The molecular formula is C21H35N3O2. The van der Waals surface area contributed by atoms with Crippen LogP contribution in [0.15, 0.2) is 0 Å². The second kappa shape index (κ2) is 7.87. The molecule has 2 amide bonds. The molecule has 0 aromatic heterocycles. The molecule has 0 spiro atoms. The molecule has 146 valence electrons. The Bertz CT molecular complexity index is 529. The van der Waals surface area contributed by atoms with Gasteiger partial charge in [-0.1, -0.05) is 6.42 Å². The molecule has 5 heteroatoms. The number of piperazine rings is 1. The average molecular weight is 362 g/mol. The summed E-state index contributed by atoms with van der Waals surface area (Å²) in [5, 5.41) is 0. The molecule has 2 heterocycles. The Labute approximate surface area is 158 Å². The van der Waals surface area contributed by atoms with Crippen molar-refractivity contribution in [3.05, 3.63) is 0 Å². The topological polar surface area (TPSA) is 43.9 Å². The number of carbonyl (C=O) groups is 2. The van der Waals surface area contributed by atoms with Crippen LogP contribution >= 0.6 is 0 Å². The largest absolute Gasteiger partial charge is 0.340 e. The quantitative estimate of drug-likeness (QED) is 0.772. The Morgan fingerprint density at radius 1 is 0.885 bits per heavy atom. The number of amides is 2. The van der Waals surface area contributed by atoms with E-state index in [0.29, 0.717) is 24.4 Å². The fourth-order valence-corrected chi connectivity index (χ4v) is 5.89. The number of carbonyl (C=O) groups excluding carboxylic acids is 2. The number of nitrogens with zero attached hydrogens (tertiary/aromatic N) is 3. The molecule has 0 radical (unpaired) electrons. The first-order valence-corrected chi connectivity index (χ1v) is 10.9. The van der Waals surface area contributed by atoms with Gasteiger partial charge in [0.05, 0.1) is 6.54 Å². The van der Waals surface area contributed by atoms with Crippen LogP contribution in [-0.2, 0) is 9.59 Å². The maximum atomic E-state index is 12.7. The molecule has 4 fully saturated rings. The number of fused-ring (bicyclic) bond motifs is 2. The third kappa shape index (κ3) is 3.92. The van der Waals surface area contributed by atoms with Crippen LogP contribution in [0.4, 0.5) is 0 Å².